The molecule has 1 saturated heterocycles. The van der Waals surface area contributed by atoms with E-state index in [1.165, 1.54) is 51.5 Å². The summed E-state index contributed by atoms with van der Waals surface area (Å²) in [6, 6.07) is 1.39. The maximum atomic E-state index is 5.64. The third kappa shape index (κ3) is 4.44. The summed E-state index contributed by atoms with van der Waals surface area (Å²) >= 11 is 0. The van der Waals surface area contributed by atoms with Crippen molar-refractivity contribution in [1.29, 1.82) is 0 Å². The first-order valence-electron chi connectivity index (χ1n) is 8.69. The first-order valence-corrected chi connectivity index (χ1v) is 8.69. The van der Waals surface area contributed by atoms with Crippen LogP contribution in [0.1, 0.15) is 51.9 Å². The number of rotatable bonds is 6. The highest BCUT2D eigenvalue weighted by Crippen LogP contribution is 2.31. The molecule has 0 spiro atoms. The van der Waals surface area contributed by atoms with Crippen LogP contribution in [0.25, 0.3) is 0 Å². The Bertz CT molecular complexity index is 266. The summed E-state index contributed by atoms with van der Waals surface area (Å²) in [7, 11) is 4.47. The van der Waals surface area contributed by atoms with Gasteiger partial charge in [0.2, 0.25) is 0 Å². The Morgan fingerprint density at radius 2 is 2.05 bits per heavy atom. The van der Waals surface area contributed by atoms with Gasteiger partial charge in [0.15, 0.2) is 0 Å². The van der Waals surface area contributed by atoms with Crippen molar-refractivity contribution in [2.45, 2.75) is 64.0 Å². The Kier molecular flexibility index (Phi) is 6.79. The fourth-order valence-electron chi connectivity index (χ4n) is 4.22. The van der Waals surface area contributed by atoms with E-state index in [4.69, 9.17) is 4.74 Å². The molecule has 1 aliphatic carbocycles. The van der Waals surface area contributed by atoms with Crippen molar-refractivity contribution >= 4 is 0 Å². The molecule has 0 aromatic heterocycles. The average Bonchev–Trinajstić information content (AvgIpc) is 2.48. The molecule has 118 valence electrons. The van der Waals surface area contributed by atoms with E-state index in [0.29, 0.717) is 12.1 Å². The third-order valence-corrected chi connectivity index (χ3v) is 5.36. The van der Waals surface area contributed by atoms with Crippen molar-refractivity contribution in [3.8, 4) is 0 Å². The van der Waals surface area contributed by atoms with Gasteiger partial charge in [-0.1, -0.05) is 19.8 Å². The first kappa shape index (κ1) is 16.3. The Morgan fingerprint density at radius 3 is 2.70 bits per heavy atom. The van der Waals surface area contributed by atoms with Crippen molar-refractivity contribution in [3.05, 3.63) is 0 Å². The fourth-order valence-corrected chi connectivity index (χ4v) is 4.22. The molecule has 1 heterocycles. The number of ether oxygens (including phenoxy) is 1. The zero-order valence-corrected chi connectivity index (χ0v) is 13.7. The molecule has 3 nitrogen and oxygen atoms in total. The fraction of sp³-hybridized carbons (Fsp3) is 1.00. The van der Waals surface area contributed by atoms with Gasteiger partial charge in [0.05, 0.1) is 6.61 Å². The molecule has 0 aromatic rings. The highest BCUT2D eigenvalue weighted by atomic mass is 16.5. The standard InChI is InChI=1S/C17H34N2O/c1-4-6-14-8-9-16(18-2)17(11-14)19(3)12-15-7-5-10-20-13-15/h14-18H,4-13H2,1-3H3. The van der Waals surface area contributed by atoms with Crippen LogP contribution in [0.15, 0.2) is 0 Å². The summed E-state index contributed by atoms with van der Waals surface area (Å²) in [5.74, 6) is 1.69. The highest BCUT2D eigenvalue weighted by molar-refractivity contribution is 4.90. The van der Waals surface area contributed by atoms with E-state index >= 15 is 0 Å². The van der Waals surface area contributed by atoms with Gasteiger partial charge in [-0.3, -0.25) is 0 Å². The van der Waals surface area contributed by atoms with Crippen LogP contribution in [0, 0.1) is 11.8 Å². The van der Waals surface area contributed by atoms with Gasteiger partial charge in [-0.15, -0.1) is 0 Å². The minimum atomic E-state index is 0.678. The maximum Gasteiger partial charge on any atom is 0.0506 e. The molecular formula is C17H34N2O. The predicted octanol–water partition coefficient (Wildman–Crippen LogP) is 2.90. The molecule has 2 fully saturated rings. The quantitative estimate of drug-likeness (QED) is 0.811. The van der Waals surface area contributed by atoms with Crippen molar-refractivity contribution < 1.29 is 4.74 Å². The lowest BCUT2D eigenvalue weighted by Crippen LogP contribution is -2.52. The lowest BCUT2D eigenvalue weighted by Gasteiger charge is -2.42. The Balaban J connectivity index is 1.87. The molecule has 1 saturated carbocycles. The van der Waals surface area contributed by atoms with Crippen LogP contribution in [-0.4, -0.2) is 50.8 Å². The molecule has 4 unspecified atom stereocenters. The summed E-state index contributed by atoms with van der Waals surface area (Å²) in [4.78, 5) is 2.63. The summed E-state index contributed by atoms with van der Waals surface area (Å²) in [6.07, 6.45) is 9.48. The van der Waals surface area contributed by atoms with Crippen LogP contribution >= 0.6 is 0 Å². The molecular weight excluding hydrogens is 248 g/mol. The molecule has 0 amide bonds. The van der Waals surface area contributed by atoms with Crippen molar-refractivity contribution in [2.75, 3.05) is 33.9 Å². The number of nitrogens with zero attached hydrogens (tertiary/aromatic N) is 1. The molecule has 1 aliphatic heterocycles. The van der Waals surface area contributed by atoms with Crippen LogP contribution in [-0.2, 0) is 4.74 Å². The number of hydrogen-bond acceptors (Lipinski definition) is 3. The topological polar surface area (TPSA) is 24.5 Å². The van der Waals surface area contributed by atoms with Crippen LogP contribution in [0.5, 0.6) is 0 Å². The Morgan fingerprint density at radius 1 is 1.20 bits per heavy atom. The van der Waals surface area contributed by atoms with E-state index < -0.39 is 0 Å². The van der Waals surface area contributed by atoms with Crippen molar-refractivity contribution in [1.82, 2.24) is 10.2 Å². The SMILES string of the molecule is CCCC1CCC(NC)C(N(C)CC2CCCOC2)C1. The molecule has 4 atom stereocenters. The van der Waals surface area contributed by atoms with Crippen molar-refractivity contribution in [3.63, 3.8) is 0 Å². The van der Waals surface area contributed by atoms with Crippen molar-refractivity contribution in [2.24, 2.45) is 11.8 Å². The van der Waals surface area contributed by atoms with Gasteiger partial charge in [0.25, 0.3) is 0 Å². The molecule has 0 bridgehead atoms. The zero-order chi connectivity index (χ0) is 14.4. The minimum Gasteiger partial charge on any atom is -0.381 e. The second-order valence-corrected chi connectivity index (χ2v) is 6.95. The van der Waals surface area contributed by atoms with E-state index in [1.807, 2.05) is 0 Å². The summed E-state index contributed by atoms with van der Waals surface area (Å²) in [6.45, 7) is 5.48. The second-order valence-electron chi connectivity index (χ2n) is 6.95. The minimum absolute atomic E-state index is 0.678. The van der Waals surface area contributed by atoms with Gasteiger partial charge in [0.1, 0.15) is 0 Å². The number of hydrogen-bond donors (Lipinski definition) is 1. The molecule has 0 radical (unpaired) electrons. The van der Waals surface area contributed by atoms with Gasteiger partial charge in [-0.05, 0) is 58.0 Å². The normalized spacial score (nSPS) is 35.4. The molecule has 20 heavy (non-hydrogen) atoms. The van der Waals surface area contributed by atoms with Crippen LogP contribution in [0.2, 0.25) is 0 Å². The van der Waals surface area contributed by atoms with Gasteiger partial charge in [0, 0.05) is 25.2 Å². The van der Waals surface area contributed by atoms with E-state index in [2.05, 4.69) is 31.2 Å². The average molecular weight is 282 g/mol. The van der Waals surface area contributed by atoms with E-state index in [9.17, 15) is 0 Å². The summed E-state index contributed by atoms with van der Waals surface area (Å²) < 4.78 is 5.64. The van der Waals surface area contributed by atoms with Gasteiger partial charge in [-0.25, -0.2) is 0 Å². The third-order valence-electron chi connectivity index (χ3n) is 5.36. The Hall–Kier alpha value is -0.120. The molecule has 0 aromatic carbocycles. The molecule has 2 aliphatic rings. The largest absolute Gasteiger partial charge is 0.381 e. The summed E-state index contributed by atoms with van der Waals surface area (Å²) in [5, 5.41) is 3.56. The Labute approximate surface area is 125 Å². The first-order chi connectivity index (χ1) is 9.74. The van der Waals surface area contributed by atoms with Crippen LogP contribution in [0.4, 0.5) is 0 Å². The van der Waals surface area contributed by atoms with E-state index in [0.717, 1.165) is 25.0 Å². The lowest BCUT2D eigenvalue weighted by molar-refractivity contribution is 0.0256. The highest BCUT2D eigenvalue weighted by Gasteiger charge is 2.32. The molecule has 2 rings (SSSR count). The van der Waals surface area contributed by atoms with E-state index in [-0.39, 0.29) is 0 Å². The number of nitrogens with one attached hydrogen (secondary N) is 1. The smallest absolute Gasteiger partial charge is 0.0506 e. The van der Waals surface area contributed by atoms with E-state index in [1.54, 1.807) is 0 Å². The van der Waals surface area contributed by atoms with Crippen LogP contribution < -0.4 is 5.32 Å². The van der Waals surface area contributed by atoms with Crippen LogP contribution in [0.3, 0.4) is 0 Å². The predicted molar refractivity (Wildman–Crippen MR) is 85.1 cm³/mol. The summed E-state index contributed by atoms with van der Waals surface area (Å²) in [5.41, 5.74) is 0. The maximum absolute atomic E-state index is 5.64. The monoisotopic (exact) mass is 282 g/mol. The zero-order valence-electron chi connectivity index (χ0n) is 13.7. The van der Waals surface area contributed by atoms with Gasteiger partial charge < -0.3 is 15.0 Å². The molecule has 1 N–H and O–H groups in total. The lowest BCUT2D eigenvalue weighted by atomic mass is 9.79. The van der Waals surface area contributed by atoms with Gasteiger partial charge >= 0.3 is 0 Å². The number of likely N-dealkylation sites (N-methyl/N-ethyl adjacent to an activating group) is 2. The van der Waals surface area contributed by atoms with Gasteiger partial charge in [-0.2, -0.15) is 0 Å². The molecule has 3 heteroatoms. The second kappa shape index (κ2) is 8.35.